The number of anilines is 2. The Balaban J connectivity index is 2.28. The Bertz CT molecular complexity index is 892. The van der Waals surface area contributed by atoms with Crippen LogP contribution in [0.1, 0.15) is 12.5 Å². The molecule has 0 atom stereocenters. The van der Waals surface area contributed by atoms with Gasteiger partial charge in [-0.25, -0.2) is 0 Å². The van der Waals surface area contributed by atoms with Crippen LogP contribution in [0.5, 0.6) is 0 Å². The molecule has 5 N–H and O–H groups in total. The lowest BCUT2D eigenvalue weighted by atomic mass is 10.0. The quantitative estimate of drug-likeness (QED) is 0.303. The Morgan fingerprint density at radius 3 is 2.33 bits per heavy atom. The van der Waals surface area contributed by atoms with Gasteiger partial charge in [-0.05, 0) is 61.5 Å². The molecule has 0 heterocycles. The third-order valence-electron chi connectivity index (χ3n) is 3.72. The molecule has 0 unspecified atom stereocenters. The molecule has 0 aliphatic carbocycles. The van der Waals surface area contributed by atoms with E-state index in [-0.39, 0.29) is 16.2 Å². The number of benzene rings is 2. The lowest BCUT2D eigenvalue weighted by Crippen LogP contribution is -2.14. The zero-order chi connectivity index (χ0) is 20.2. The van der Waals surface area contributed by atoms with E-state index in [0.717, 1.165) is 24.1 Å². The van der Waals surface area contributed by atoms with Gasteiger partial charge in [-0.15, -0.1) is 0 Å². The van der Waals surface area contributed by atoms with Crippen LogP contribution in [0.15, 0.2) is 58.1 Å². The highest BCUT2D eigenvalue weighted by Gasteiger charge is 2.31. The zero-order valence-corrected chi connectivity index (χ0v) is 15.1. The van der Waals surface area contributed by atoms with E-state index in [1.807, 2.05) is 0 Å². The van der Waals surface area contributed by atoms with Gasteiger partial charge in [0, 0.05) is 16.9 Å². The number of nitrogens with two attached hydrogens (primary N) is 2. The zero-order valence-electron chi connectivity index (χ0n) is 14.3. The maximum Gasteiger partial charge on any atom is 0.416 e. The highest BCUT2D eigenvalue weighted by Crippen LogP contribution is 2.35. The predicted molar refractivity (Wildman–Crippen MR) is 104 cm³/mol. The van der Waals surface area contributed by atoms with Crippen molar-refractivity contribution in [2.24, 2.45) is 10.1 Å². The van der Waals surface area contributed by atoms with Gasteiger partial charge < -0.3 is 11.1 Å². The maximum atomic E-state index is 12.9. The monoisotopic (exact) mass is 394 g/mol. The van der Waals surface area contributed by atoms with E-state index in [0.29, 0.717) is 16.9 Å². The summed E-state index contributed by atoms with van der Waals surface area (Å²) in [7, 11) is 0. The molecular formula is C18H17F3N4OS. The molecule has 5 nitrogen and oxygen atoms in total. The highest BCUT2D eigenvalue weighted by atomic mass is 32.2. The van der Waals surface area contributed by atoms with Crippen LogP contribution in [-0.4, -0.2) is 12.6 Å². The molecule has 9 heteroatoms. The fourth-order valence-electron chi connectivity index (χ4n) is 2.28. The number of halogens is 3. The molecular weight excluding hydrogens is 377 g/mol. The van der Waals surface area contributed by atoms with Gasteiger partial charge in [0.2, 0.25) is 0 Å². The van der Waals surface area contributed by atoms with Gasteiger partial charge in [0.15, 0.2) is 0 Å². The lowest BCUT2D eigenvalue weighted by Gasteiger charge is -2.12. The van der Waals surface area contributed by atoms with Gasteiger partial charge in [0.05, 0.1) is 11.3 Å². The number of aliphatic imine (C=N–C) groups is 1. The van der Waals surface area contributed by atoms with Crippen LogP contribution in [0, 0.1) is 0 Å². The number of nitrogens with one attached hydrogen (secondary N) is 1. The van der Waals surface area contributed by atoms with Crippen molar-refractivity contribution in [1.29, 1.82) is 0 Å². The van der Waals surface area contributed by atoms with Crippen LogP contribution in [0.4, 0.5) is 24.5 Å². The highest BCUT2D eigenvalue weighted by molar-refractivity contribution is 8.01. The first-order chi connectivity index (χ1) is 12.7. The SMILES string of the molecule is C=N/C(C)=C(\SN)C(=O)Nc1ccc(-c2cc(C(F)(F)F)ccc2N)cc1. The van der Waals surface area contributed by atoms with E-state index >= 15 is 0 Å². The molecule has 27 heavy (non-hydrogen) atoms. The van der Waals surface area contributed by atoms with Crippen molar-refractivity contribution in [3.05, 3.63) is 58.6 Å². The number of rotatable bonds is 5. The number of amides is 1. The summed E-state index contributed by atoms with van der Waals surface area (Å²) in [6.07, 6.45) is -4.46. The van der Waals surface area contributed by atoms with Crippen molar-refractivity contribution >= 4 is 35.9 Å². The normalized spacial score (nSPS) is 12.3. The summed E-state index contributed by atoms with van der Waals surface area (Å²) in [5.74, 6) is -0.460. The molecule has 0 aromatic heterocycles. The maximum absolute atomic E-state index is 12.9. The van der Waals surface area contributed by atoms with Crippen LogP contribution < -0.4 is 16.2 Å². The van der Waals surface area contributed by atoms with E-state index in [2.05, 4.69) is 17.0 Å². The molecule has 0 radical (unpaired) electrons. The average molecular weight is 394 g/mol. The predicted octanol–water partition coefficient (Wildman–Crippen LogP) is 4.43. The Hall–Kier alpha value is -2.78. The molecule has 0 spiro atoms. The smallest absolute Gasteiger partial charge is 0.398 e. The van der Waals surface area contributed by atoms with Crippen LogP contribution in [0.25, 0.3) is 11.1 Å². The van der Waals surface area contributed by atoms with Gasteiger partial charge in [0.25, 0.3) is 5.91 Å². The van der Waals surface area contributed by atoms with Crippen molar-refractivity contribution in [3.8, 4) is 11.1 Å². The third-order valence-corrected chi connectivity index (χ3v) is 4.44. The van der Waals surface area contributed by atoms with Crippen molar-refractivity contribution in [1.82, 2.24) is 0 Å². The van der Waals surface area contributed by atoms with Crippen LogP contribution >= 0.6 is 11.9 Å². The van der Waals surface area contributed by atoms with Crippen LogP contribution in [0.3, 0.4) is 0 Å². The molecule has 2 aromatic carbocycles. The molecule has 0 saturated heterocycles. The number of alkyl halides is 3. The Morgan fingerprint density at radius 2 is 1.81 bits per heavy atom. The molecule has 142 valence electrons. The first kappa shape index (κ1) is 20.5. The molecule has 1 amide bonds. The topological polar surface area (TPSA) is 93.5 Å². The lowest BCUT2D eigenvalue weighted by molar-refractivity contribution is -0.137. The number of nitrogens with zero attached hydrogens (tertiary/aromatic N) is 1. The van der Waals surface area contributed by atoms with Gasteiger partial charge in [-0.1, -0.05) is 12.1 Å². The minimum absolute atomic E-state index is 0.205. The molecule has 0 saturated carbocycles. The molecule has 0 aliphatic heterocycles. The van der Waals surface area contributed by atoms with Crippen molar-refractivity contribution in [3.63, 3.8) is 0 Å². The second kappa shape index (κ2) is 8.28. The van der Waals surface area contributed by atoms with Gasteiger partial charge in [-0.3, -0.25) is 14.9 Å². The summed E-state index contributed by atoms with van der Waals surface area (Å²) < 4.78 is 38.7. The second-order valence-electron chi connectivity index (χ2n) is 5.52. The second-order valence-corrected chi connectivity index (χ2v) is 6.17. The summed E-state index contributed by atoms with van der Waals surface area (Å²) in [6.45, 7) is 4.95. The summed E-state index contributed by atoms with van der Waals surface area (Å²) in [5, 5.41) is 8.11. The van der Waals surface area contributed by atoms with E-state index in [1.165, 1.54) is 6.07 Å². The number of allylic oxidation sites excluding steroid dienone is 1. The van der Waals surface area contributed by atoms with Gasteiger partial charge >= 0.3 is 6.18 Å². The first-order valence-corrected chi connectivity index (χ1v) is 8.48. The van der Waals surface area contributed by atoms with Crippen molar-refractivity contribution in [2.75, 3.05) is 11.1 Å². The van der Waals surface area contributed by atoms with E-state index < -0.39 is 17.6 Å². The van der Waals surface area contributed by atoms with Crippen LogP contribution in [0.2, 0.25) is 0 Å². The van der Waals surface area contributed by atoms with Crippen molar-refractivity contribution in [2.45, 2.75) is 13.1 Å². The standard InChI is InChI=1S/C18H17F3N4OS/c1-10(24-2)16(27-23)17(26)25-13-6-3-11(4-7-13)14-9-12(18(19,20)21)5-8-15(14)22/h3-9H,2,22-23H2,1H3,(H,25,26)/b16-10-. The fourth-order valence-corrected chi connectivity index (χ4v) is 2.67. The summed E-state index contributed by atoms with van der Waals surface area (Å²) in [6, 6.07) is 9.40. The Morgan fingerprint density at radius 1 is 1.19 bits per heavy atom. The molecule has 0 bridgehead atoms. The summed E-state index contributed by atoms with van der Waals surface area (Å²) >= 11 is 0.747. The molecule has 2 aromatic rings. The fraction of sp³-hybridized carbons (Fsp3) is 0.111. The molecule has 0 aliphatic rings. The molecule has 0 fully saturated rings. The summed E-state index contributed by atoms with van der Waals surface area (Å²) in [4.78, 5) is 16.1. The van der Waals surface area contributed by atoms with E-state index in [9.17, 15) is 18.0 Å². The average Bonchev–Trinajstić information content (AvgIpc) is 2.62. The minimum atomic E-state index is -4.46. The van der Waals surface area contributed by atoms with Gasteiger partial charge in [-0.2, -0.15) is 13.2 Å². The van der Waals surface area contributed by atoms with Crippen molar-refractivity contribution < 1.29 is 18.0 Å². The number of carbonyl (C=O) groups excluding carboxylic acids is 1. The van der Waals surface area contributed by atoms with E-state index in [1.54, 1.807) is 31.2 Å². The van der Waals surface area contributed by atoms with E-state index in [4.69, 9.17) is 10.9 Å². The number of hydrogen-bond acceptors (Lipinski definition) is 5. The third kappa shape index (κ3) is 4.89. The van der Waals surface area contributed by atoms with Crippen LogP contribution in [-0.2, 0) is 11.0 Å². The number of nitrogen functional groups attached to an aromatic ring is 1. The minimum Gasteiger partial charge on any atom is -0.398 e. The number of carbonyl (C=O) groups is 1. The van der Waals surface area contributed by atoms with Gasteiger partial charge in [0.1, 0.15) is 4.91 Å². The largest absolute Gasteiger partial charge is 0.416 e. The Kier molecular flexibility index (Phi) is 6.29. The first-order valence-electron chi connectivity index (χ1n) is 7.60. The number of hydrogen-bond donors (Lipinski definition) is 3. The summed E-state index contributed by atoms with van der Waals surface area (Å²) in [5.41, 5.74) is 6.82. The Labute approximate surface area is 158 Å². The molecule has 2 rings (SSSR count).